The van der Waals surface area contributed by atoms with Gasteiger partial charge in [0.2, 0.25) is 0 Å². The number of benzene rings is 2. The lowest BCUT2D eigenvalue weighted by Crippen LogP contribution is -2.17. The summed E-state index contributed by atoms with van der Waals surface area (Å²) in [5.41, 5.74) is 2.56. The smallest absolute Gasteiger partial charge is 0.279 e. The van der Waals surface area contributed by atoms with Crippen molar-refractivity contribution in [2.24, 2.45) is 4.99 Å². The number of hydrogen-bond donors (Lipinski definition) is 0. The number of carbonyl (C=O) groups excluding carboxylic acids is 1. The number of aryl methyl sites for hydroxylation is 1. The molecule has 0 aliphatic carbocycles. The molecule has 0 aliphatic rings. The van der Waals surface area contributed by atoms with E-state index in [9.17, 15) is 4.79 Å². The number of halogens is 2. The van der Waals surface area contributed by atoms with Crippen LogP contribution in [0.2, 0.25) is 10.0 Å². The molecule has 0 aliphatic heterocycles. The highest BCUT2D eigenvalue weighted by Crippen LogP contribution is 2.32. The molecule has 170 valence electrons. The maximum absolute atomic E-state index is 12.9. The third kappa shape index (κ3) is 5.83. The highest BCUT2D eigenvalue weighted by molar-refractivity contribution is 7.09. The van der Waals surface area contributed by atoms with Crippen LogP contribution in [-0.2, 0) is 13.0 Å². The normalized spacial score (nSPS) is 11.7. The molecule has 2 aromatic carbocycles. The zero-order valence-electron chi connectivity index (χ0n) is 18.7. The number of amides is 1. The van der Waals surface area contributed by atoms with Crippen LogP contribution >= 0.6 is 34.5 Å². The van der Waals surface area contributed by atoms with Crippen molar-refractivity contribution in [1.82, 2.24) is 4.57 Å². The van der Waals surface area contributed by atoms with Crippen LogP contribution in [0.15, 0.2) is 47.5 Å². The van der Waals surface area contributed by atoms with Gasteiger partial charge in [0.15, 0.2) is 4.80 Å². The molecular weight excluding hydrogens is 463 g/mol. The lowest BCUT2D eigenvalue weighted by atomic mass is 10.1. The van der Waals surface area contributed by atoms with E-state index in [-0.39, 0.29) is 5.91 Å². The van der Waals surface area contributed by atoms with Gasteiger partial charge in [0.25, 0.3) is 5.91 Å². The second kappa shape index (κ2) is 11.7. The Balaban J connectivity index is 1.98. The van der Waals surface area contributed by atoms with Crippen molar-refractivity contribution < 1.29 is 9.53 Å². The van der Waals surface area contributed by atoms with E-state index < -0.39 is 0 Å². The summed E-state index contributed by atoms with van der Waals surface area (Å²) in [6.07, 6.45) is 3.98. The standard InChI is InChI=1S/C25H28Cl2N2O2S/c1-4-7-15-31-19-12-9-17(10-13-19)24(30)28-25-29(6-3)23(22(32-25)8-5-2)18-11-14-20(26)21(27)16-18/h9-14,16H,4-8,15H2,1-3H3. The quantitative estimate of drug-likeness (QED) is 0.293. The van der Waals surface area contributed by atoms with Crippen molar-refractivity contribution in [1.29, 1.82) is 0 Å². The summed E-state index contributed by atoms with van der Waals surface area (Å²) in [5.74, 6) is 0.499. The van der Waals surface area contributed by atoms with Gasteiger partial charge in [-0.15, -0.1) is 11.3 Å². The number of carbonyl (C=O) groups is 1. The monoisotopic (exact) mass is 490 g/mol. The molecule has 0 spiro atoms. The van der Waals surface area contributed by atoms with Gasteiger partial charge in [-0.2, -0.15) is 4.99 Å². The molecule has 0 saturated heterocycles. The van der Waals surface area contributed by atoms with Gasteiger partial charge in [0.1, 0.15) is 5.75 Å². The van der Waals surface area contributed by atoms with Gasteiger partial charge in [-0.1, -0.05) is 56.0 Å². The first-order valence-corrected chi connectivity index (χ1v) is 12.6. The summed E-state index contributed by atoms with van der Waals surface area (Å²) in [5, 5.41) is 1.03. The van der Waals surface area contributed by atoms with Crippen molar-refractivity contribution in [2.45, 2.75) is 53.0 Å². The second-order valence-corrected chi connectivity index (χ2v) is 9.30. The molecular formula is C25H28Cl2N2O2S. The average molecular weight is 491 g/mol. The van der Waals surface area contributed by atoms with E-state index in [2.05, 4.69) is 30.3 Å². The Morgan fingerprint density at radius 3 is 2.41 bits per heavy atom. The number of ether oxygens (including phenoxy) is 1. The third-order valence-electron chi connectivity index (χ3n) is 5.03. The zero-order valence-corrected chi connectivity index (χ0v) is 21.0. The molecule has 0 fully saturated rings. The summed E-state index contributed by atoms with van der Waals surface area (Å²) in [4.78, 5) is 19.3. The van der Waals surface area contributed by atoms with Crippen LogP contribution in [-0.4, -0.2) is 17.1 Å². The van der Waals surface area contributed by atoms with Gasteiger partial charge in [-0.25, -0.2) is 0 Å². The Hall–Kier alpha value is -2.08. The summed E-state index contributed by atoms with van der Waals surface area (Å²) in [6.45, 7) is 7.68. The molecule has 7 heteroatoms. The Morgan fingerprint density at radius 2 is 1.78 bits per heavy atom. The molecule has 0 N–H and O–H groups in total. The molecule has 3 aromatic rings. The van der Waals surface area contributed by atoms with Crippen molar-refractivity contribution >= 4 is 40.4 Å². The van der Waals surface area contributed by atoms with E-state index in [1.807, 2.05) is 24.3 Å². The number of hydrogen-bond acceptors (Lipinski definition) is 3. The molecule has 0 radical (unpaired) electrons. The fraction of sp³-hybridized carbons (Fsp3) is 0.360. The fourth-order valence-corrected chi connectivity index (χ4v) is 4.98. The minimum absolute atomic E-state index is 0.266. The van der Waals surface area contributed by atoms with Gasteiger partial charge in [0.05, 0.1) is 22.3 Å². The Bertz CT molecular complexity index is 1130. The maximum atomic E-state index is 12.9. The van der Waals surface area contributed by atoms with Gasteiger partial charge < -0.3 is 9.30 Å². The Labute approximate surface area is 203 Å². The van der Waals surface area contributed by atoms with Crippen LogP contribution in [0.1, 0.15) is 55.3 Å². The molecule has 1 amide bonds. The maximum Gasteiger partial charge on any atom is 0.279 e. The van der Waals surface area contributed by atoms with Crippen LogP contribution < -0.4 is 9.54 Å². The zero-order chi connectivity index (χ0) is 23.1. The largest absolute Gasteiger partial charge is 0.494 e. The third-order valence-corrected chi connectivity index (χ3v) is 6.91. The second-order valence-electron chi connectivity index (χ2n) is 7.42. The lowest BCUT2D eigenvalue weighted by molar-refractivity contribution is 0.0998. The molecule has 0 unspecified atom stereocenters. The number of unbranched alkanes of at least 4 members (excludes halogenated alkanes) is 1. The van der Waals surface area contributed by atoms with Gasteiger partial charge in [-0.3, -0.25) is 4.79 Å². The highest BCUT2D eigenvalue weighted by Gasteiger charge is 2.16. The van der Waals surface area contributed by atoms with Crippen LogP contribution in [0.3, 0.4) is 0 Å². The minimum Gasteiger partial charge on any atom is -0.494 e. The minimum atomic E-state index is -0.266. The molecule has 32 heavy (non-hydrogen) atoms. The van der Waals surface area contributed by atoms with E-state index in [4.69, 9.17) is 27.9 Å². The van der Waals surface area contributed by atoms with Gasteiger partial charge in [-0.05, 0) is 56.2 Å². The number of thiazole rings is 1. The van der Waals surface area contributed by atoms with Crippen molar-refractivity contribution in [3.05, 3.63) is 67.8 Å². The van der Waals surface area contributed by atoms with E-state index in [1.165, 1.54) is 4.88 Å². The van der Waals surface area contributed by atoms with E-state index >= 15 is 0 Å². The van der Waals surface area contributed by atoms with Crippen molar-refractivity contribution in [2.75, 3.05) is 6.61 Å². The lowest BCUT2D eigenvalue weighted by Gasteiger charge is -2.10. The van der Waals surface area contributed by atoms with E-state index in [1.54, 1.807) is 29.5 Å². The van der Waals surface area contributed by atoms with Crippen molar-refractivity contribution in [3.8, 4) is 17.0 Å². The first-order chi connectivity index (χ1) is 15.5. The molecule has 0 saturated carbocycles. The van der Waals surface area contributed by atoms with Gasteiger partial charge >= 0.3 is 0 Å². The van der Waals surface area contributed by atoms with E-state index in [0.717, 1.165) is 42.7 Å². The highest BCUT2D eigenvalue weighted by atomic mass is 35.5. The molecule has 0 atom stereocenters. The summed E-state index contributed by atoms with van der Waals surface area (Å²) < 4.78 is 7.76. The van der Waals surface area contributed by atoms with Crippen LogP contribution in [0.4, 0.5) is 0 Å². The fourth-order valence-electron chi connectivity index (χ4n) is 3.37. The summed E-state index contributed by atoms with van der Waals surface area (Å²) in [6, 6.07) is 12.8. The molecule has 4 nitrogen and oxygen atoms in total. The summed E-state index contributed by atoms with van der Waals surface area (Å²) in [7, 11) is 0. The molecule has 1 heterocycles. The number of rotatable bonds is 9. The van der Waals surface area contributed by atoms with Crippen LogP contribution in [0.25, 0.3) is 11.3 Å². The molecule has 3 rings (SSSR count). The predicted molar refractivity (Wildman–Crippen MR) is 134 cm³/mol. The number of nitrogens with zero attached hydrogens (tertiary/aromatic N) is 2. The average Bonchev–Trinajstić information content (AvgIpc) is 3.13. The summed E-state index contributed by atoms with van der Waals surface area (Å²) >= 11 is 14.0. The first-order valence-electron chi connectivity index (χ1n) is 11.0. The predicted octanol–water partition coefficient (Wildman–Crippen LogP) is 7.42. The van der Waals surface area contributed by atoms with Gasteiger partial charge in [0, 0.05) is 22.5 Å². The molecule has 1 aromatic heterocycles. The number of aromatic nitrogens is 1. The molecule has 0 bridgehead atoms. The van der Waals surface area contributed by atoms with Crippen molar-refractivity contribution in [3.63, 3.8) is 0 Å². The Morgan fingerprint density at radius 1 is 1.03 bits per heavy atom. The Kier molecular flexibility index (Phi) is 8.97. The topological polar surface area (TPSA) is 43.6 Å². The van der Waals surface area contributed by atoms with Crippen LogP contribution in [0.5, 0.6) is 5.75 Å². The SMILES string of the molecule is CCCCOc1ccc(C(=O)N=c2sc(CCC)c(-c3ccc(Cl)c(Cl)c3)n2CC)cc1. The van der Waals surface area contributed by atoms with E-state index in [0.29, 0.717) is 33.6 Å². The first kappa shape index (κ1) is 24.6. The van der Waals surface area contributed by atoms with Crippen LogP contribution in [0, 0.1) is 0 Å².